The summed E-state index contributed by atoms with van der Waals surface area (Å²) >= 11 is 0. The maximum atomic E-state index is 13.5. The number of aromatic nitrogens is 1. The number of rotatable bonds is 6. The molecule has 0 radical (unpaired) electrons. The topological polar surface area (TPSA) is 71.4 Å². The van der Waals surface area contributed by atoms with Gasteiger partial charge in [-0.1, -0.05) is 68.4 Å². The number of hydrogen-bond donors (Lipinski definition) is 1. The zero-order valence-corrected chi connectivity index (χ0v) is 21.2. The number of carbonyl (C=O) groups excluding carboxylic acids is 3. The van der Waals surface area contributed by atoms with Crippen LogP contribution in [0.5, 0.6) is 0 Å². The van der Waals surface area contributed by atoms with Gasteiger partial charge < -0.3 is 4.57 Å². The Morgan fingerprint density at radius 1 is 0.919 bits per heavy atom. The zero-order chi connectivity index (χ0) is 26.1. The van der Waals surface area contributed by atoms with E-state index < -0.39 is 17.8 Å². The molecule has 0 bridgehead atoms. The molecular formula is C31H29N3O3. The third-order valence-electron chi connectivity index (χ3n) is 7.16. The van der Waals surface area contributed by atoms with Crippen LogP contribution in [0.2, 0.25) is 0 Å². The number of aryl methyl sites for hydroxylation is 1. The molecule has 0 saturated carbocycles. The highest BCUT2D eigenvalue weighted by molar-refractivity contribution is 6.39. The molecule has 186 valence electrons. The molecule has 5 rings (SSSR count). The van der Waals surface area contributed by atoms with Gasteiger partial charge in [0.05, 0.1) is 5.69 Å². The molecule has 1 saturated heterocycles. The van der Waals surface area contributed by atoms with Crippen LogP contribution >= 0.6 is 0 Å². The average molecular weight is 492 g/mol. The Morgan fingerprint density at radius 3 is 2.35 bits per heavy atom. The van der Waals surface area contributed by atoms with Crippen molar-refractivity contribution in [2.45, 2.75) is 39.7 Å². The Kier molecular flexibility index (Phi) is 6.49. The van der Waals surface area contributed by atoms with Gasteiger partial charge in [-0.2, -0.15) is 0 Å². The van der Waals surface area contributed by atoms with E-state index >= 15 is 0 Å². The van der Waals surface area contributed by atoms with E-state index in [0.717, 1.165) is 33.4 Å². The number of hydrogen-bond acceptors (Lipinski definition) is 3. The molecule has 1 aliphatic heterocycles. The summed E-state index contributed by atoms with van der Waals surface area (Å²) in [7, 11) is 0. The van der Waals surface area contributed by atoms with E-state index in [1.54, 1.807) is 18.2 Å². The molecule has 4 amide bonds. The fourth-order valence-corrected chi connectivity index (χ4v) is 4.73. The third kappa shape index (κ3) is 4.58. The molecule has 6 nitrogen and oxygen atoms in total. The van der Waals surface area contributed by atoms with Crippen LogP contribution in [0.1, 0.15) is 48.4 Å². The van der Waals surface area contributed by atoms with Crippen molar-refractivity contribution < 1.29 is 14.4 Å². The number of para-hydroxylation sites is 1. The molecule has 1 N–H and O–H groups in total. The zero-order valence-electron chi connectivity index (χ0n) is 21.2. The molecule has 0 aliphatic carbocycles. The van der Waals surface area contributed by atoms with E-state index in [0.29, 0.717) is 18.2 Å². The van der Waals surface area contributed by atoms with Gasteiger partial charge in [-0.3, -0.25) is 14.9 Å². The van der Waals surface area contributed by atoms with Crippen LogP contribution < -0.4 is 10.2 Å². The van der Waals surface area contributed by atoms with Gasteiger partial charge in [0.25, 0.3) is 11.8 Å². The molecule has 6 heteroatoms. The summed E-state index contributed by atoms with van der Waals surface area (Å²) < 4.78 is 2.12. The number of imide groups is 2. The van der Waals surface area contributed by atoms with Gasteiger partial charge in [-0.15, -0.1) is 0 Å². The summed E-state index contributed by atoms with van der Waals surface area (Å²) in [5.41, 5.74) is 5.59. The summed E-state index contributed by atoms with van der Waals surface area (Å²) in [4.78, 5) is 40.0. The second-order valence-electron chi connectivity index (χ2n) is 9.51. The van der Waals surface area contributed by atoms with Crippen LogP contribution in [0.25, 0.3) is 17.0 Å². The number of fused-ring (bicyclic) bond motifs is 1. The van der Waals surface area contributed by atoms with Crippen molar-refractivity contribution in [1.82, 2.24) is 9.88 Å². The Hall–Kier alpha value is -4.45. The first kappa shape index (κ1) is 24.3. The Balaban J connectivity index is 1.53. The van der Waals surface area contributed by atoms with Crippen LogP contribution in [0.15, 0.2) is 84.6 Å². The quantitative estimate of drug-likeness (QED) is 0.259. The number of nitrogens with one attached hydrogen (secondary N) is 1. The largest absolute Gasteiger partial charge is 0.342 e. The molecule has 4 aromatic rings. The lowest BCUT2D eigenvalue weighted by molar-refractivity contribution is -0.122. The molecule has 3 aromatic carbocycles. The van der Waals surface area contributed by atoms with Crippen molar-refractivity contribution in [3.63, 3.8) is 0 Å². The monoisotopic (exact) mass is 491 g/mol. The van der Waals surface area contributed by atoms with E-state index in [-0.39, 0.29) is 5.57 Å². The molecule has 2 heterocycles. The highest BCUT2D eigenvalue weighted by atomic mass is 16.2. The predicted octanol–water partition coefficient (Wildman–Crippen LogP) is 6.18. The van der Waals surface area contributed by atoms with Crippen LogP contribution in [-0.2, 0) is 16.1 Å². The van der Waals surface area contributed by atoms with E-state index in [2.05, 4.69) is 42.8 Å². The summed E-state index contributed by atoms with van der Waals surface area (Å²) in [6.45, 7) is 6.98. The molecule has 1 aromatic heterocycles. The van der Waals surface area contributed by atoms with Crippen LogP contribution in [0.3, 0.4) is 0 Å². The minimum atomic E-state index is -0.745. The van der Waals surface area contributed by atoms with Gasteiger partial charge in [0.1, 0.15) is 5.57 Å². The molecule has 1 aliphatic rings. The molecular weight excluding hydrogens is 462 g/mol. The summed E-state index contributed by atoms with van der Waals surface area (Å²) in [5, 5.41) is 3.25. The van der Waals surface area contributed by atoms with E-state index in [4.69, 9.17) is 0 Å². The van der Waals surface area contributed by atoms with Crippen molar-refractivity contribution in [3.05, 3.63) is 107 Å². The number of carbonyl (C=O) groups is 3. The molecule has 1 fully saturated rings. The van der Waals surface area contributed by atoms with Crippen LogP contribution in [0, 0.1) is 6.92 Å². The van der Waals surface area contributed by atoms with Crippen molar-refractivity contribution in [2.75, 3.05) is 4.90 Å². The second kappa shape index (κ2) is 9.90. The third-order valence-corrected chi connectivity index (χ3v) is 7.16. The number of amides is 4. The summed E-state index contributed by atoms with van der Waals surface area (Å²) in [6.07, 6.45) is 4.52. The average Bonchev–Trinajstić information content (AvgIpc) is 3.25. The van der Waals surface area contributed by atoms with Gasteiger partial charge in [-0.05, 0) is 60.2 Å². The highest BCUT2D eigenvalue weighted by Gasteiger charge is 2.37. The van der Waals surface area contributed by atoms with Gasteiger partial charge in [-0.25, -0.2) is 9.69 Å². The molecule has 37 heavy (non-hydrogen) atoms. The van der Waals surface area contributed by atoms with Gasteiger partial charge in [0.15, 0.2) is 0 Å². The van der Waals surface area contributed by atoms with E-state index in [1.807, 2.05) is 54.7 Å². The van der Waals surface area contributed by atoms with Gasteiger partial charge in [0.2, 0.25) is 0 Å². The first-order valence-corrected chi connectivity index (χ1v) is 12.5. The van der Waals surface area contributed by atoms with Gasteiger partial charge in [0, 0.05) is 29.2 Å². The second-order valence-corrected chi connectivity index (χ2v) is 9.51. The minimum absolute atomic E-state index is 0.0793. The smallest absolute Gasteiger partial charge is 0.335 e. The van der Waals surface area contributed by atoms with E-state index in [9.17, 15) is 14.4 Å². The number of barbiturate groups is 1. The number of urea groups is 1. The first-order chi connectivity index (χ1) is 17.9. The van der Waals surface area contributed by atoms with Crippen molar-refractivity contribution in [2.24, 2.45) is 0 Å². The highest BCUT2D eigenvalue weighted by Crippen LogP contribution is 2.28. The summed E-state index contributed by atoms with van der Waals surface area (Å²) in [6, 6.07) is 22.7. The lowest BCUT2D eigenvalue weighted by Gasteiger charge is -2.26. The summed E-state index contributed by atoms with van der Waals surface area (Å²) in [5.74, 6) is -0.965. The first-order valence-electron chi connectivity index (χ1n) is 12.5. The lowest BCUT2D eigenvalue weighted by Crippen LogP contribution is -2.54. The fraction of sp³-hybridized carbons (Fsp3) is 0.194. The van der Waals surface area contributed by atoms with Crippen molar-refractivity contribution in [3.8, 4) is 0 Å². The van der Waals surface area contributed by atoms with Crippen LogP contribution in [0.4, 0.5) is 10.5 Å². The normalized spacial score (nSPS) is 15.9. The van der Waals surface area contributed by atoms with Crippen molar-refractivity contribution >= 4 is 40.5 Å². The standard InChI is InChI=1S/C31H29N3O3/c1-4-20(2)22-13-15-25(16-14-22)34-30(36)27(29(35)32-31(34)37)17-24-19-33(28-12-8-7-11-26(24)28)18-23-10-6-5-9-21(23)3/h5-17,19-20H,4,18H2,1-3H3,(H,32,35,37)/b27-17-/t20-/m1/s1. The van der Waals surface area contributed by atoms with E-state index in [1.165, 1.54) is 11.1 Å². The number of nitrogens with zero attached hydrogens (tertiary/aromatic N) is 2. The molecule has 0 spiro atoms. The Morgan fingerprint density at radius 2 is 1.62 bits per heavy atom. The van der Waals surface area contributed by atoms with Crippen LogP contribution in [-0.4, -0.2) is 22.4 Å². The SMILES string of the molecule is CC[C@@H](C)c1ccc(N2C(=O)NC(=O)/C(=C/c3cn(Cc4ccccc4C)c4ccccc34)C2=O)cc1. The Labute approximate surface area is 216 Å². The number of anilines is 1. The Bertz CT molecular complexity index is 1550. The predicted molar refractivity (Wildman–Crippen MR) is 146 cm³/mol. The molecule has 1 atom stereocenters. The maximum absolute atomic E-state index is 13.5. The number of benzene rings is 3. The van der Waals surface area contributed by atoms with Crippen molar-refractivity contribution in [1.29, 1.82) is 0 Å². The fourth-order valence-electron chi connectivity index (χ4n) is 4.73. The lowest BCUT2D eigenvalue weighted by atomic mass is 9.98. The minimum Gasteiger partial charge on any atom is -0.342 e. The maximum Gasteiger partial charge on any atom is 0.335 e. The molecule has 0 unspecified atom stereocenters. The van der Waals surface area contributed by atoms with Gasteiger partial charge >= 0.3 is 6.03 Å².